The normalized spacial score (nSPS) is 11.4. The molecule has 2 aromatic carbocycles. The van der Waals surface area contributed by atoms with E-state index in [9.17, 15) is 4.79 Å². The summed E-state index contributed by atoms with van der Waals surface area (Å²) in [6.07, 6.45) is 5.26. The van der Waals surface area contributed by atoms with Gasteiger partial charge in [0, 0.05) is 18.0 Å². The molecule has 0 spiro atoms. The van der Waals surface area contributed by atoms with Gasteiger partial charge in [0.2, 0.25) is 0 Å². The van der Waals surface area contributed by atoms with Gasteiger partial charge in [0.1, 0.15) is 0 Å². The smallest absolute Gasteiger partial charge is 0.257 e. The fraction of sp³-hybridized carbons (Fsp3) is 0.0556. The van der Waals surface area contributed by atoms with E-state index in [1.807, 2.05) is 18.4 Å². The van der Waals surface area contributed by atoms with E-state index in [0.29, 0.717) is 16.2 Å². The van der Waals surface area contributed by atoms with Crippen LogP contribution in [0.3, 0.4) is 0 Å². The number of nitrogens with zero attached hydrogens (tertiary/aromatic N) is 4. The maximum Gasteiger partial charge on any atom is 0.257 e. The number of thioether (sulfide) groups is 1. The summed E-state index contributed by atoms with van der Waals surface area (Å²) < 4.78 is 3.18. The van der Waals surface area contributed by atoms with Crippen molar-refractivity contribution in [3.05, 3.63) is 48.3 Å². The van der Waals surface area contributed by atoms with Crippen molar-refractivity contribution in [3.63, 3.8) is 0 Å². The van der Waals surface area contributed by atoms with Gasteiger partial charge in [0.25, 0.3) is 5.91 Å². The molecule has 5 rings (SSSR count). The fourth-order valence-electron chi connectivity index (χ4n) is 2.77. The molecule has 0 aliphatic rings. The van der Waals surface area contributed by atoms with Crippen LogP contribution in [0.15, 0.2) is 47.1 Å². The summed E-state index contributed by atoms with van der Waals surface area (Å²) in [7, 11) is 0. The molecule has 0 aliphatic heterocycles. The van der Waals surface area contributed by atoms with Crippen LogP contribution in [0.4, 0.5) is 5.13 Å². The maximum atomic E-state index is 12.6. The largest absolute Gasteiger partial charge is 0.298 e. The van der Waals surface area contributed by atoms with Gasteiger partial charge in [-0.05, 0) is 36.6 Å². The van der Waals surface area contributed by atoms with Crippen LogP contribution in [-0.4, -0.2) is 32.1 Å². The van der Waals surface area contributed by atoms with Gasteiger partial charge >= 0.3 is 0 Å². The van der Waals surface area contributed by atoms with Crippen molar-refractivity contribution >= 4 is 76.9 Å². The average Bonchev–Trinajstić information content (AvgIpc) is 3.30. The molecule has 0 atom stereocenters. The number of anilines is 1. The zero-order valence-electron chi connectivity index (χ0n) is 14.0. The Morgan fingerprint density at radius 1 is 0.926 bits per heavy atom. The van der Waals surface area contributed by atoms with Crippen molar-refractivity contribution in [1.29, 1.82) is 0 Å². The lowest BCUT2D eigenvalue weighted by Gasteiger charge is -2.02. The Hall–Kier alpha value is -2.62. The molecule has 1 N–H and O–H groups in total. The Morgan fingerprint density at radius 3 is 2.44 bits per heavy atom. The zero-order chi connectivity index (χ0) is 18.4. The highest BCUT2D eigenvalue weighted by molar-refractivity contribution is 8.00. The predicted octanol–water partition coefficient (Wildman–Crippen LogP) is 4.82. The third kappa shape index (κ3) is 2.93. The minimum Gasteiger partial charge on any atom is -0.298 e. The van der Waals surface area contributed by atoms with E-state index < -0.39 is 0 Å². The third-order valence-corrected chi connectivity index (χ3v) is 7.23. The minimum atomic E-state index is -0.216. The first-order valence-electron chi connectivity index (χ1n) is 7.97. The predicted molar refractivity (Wildman–Crippen MR) is 112 cm³/mol. The van der Waals surface area contributed by atoms with Crippen LogP contribution in [0.25, 0.3) is 31.5 Å². The van der Waals surface area contributed by atoms with Crippen LogP contribution >= 0.6 is 34.4 Å². The van der Waals surface area contributed by atoms with Crippen molar-refractivity contribution in [2.75, 3.05) is 11.6 Å². The van der Waals surface area contributed by atoms with E-state index >= 15 is 0 Å². The molecule has 27 heavy (non-hydrogen) atoms. The quantitative estimate of drug-likeness (QED) is 0.430. The van der Waals surface area contributed by atoms with Gasteiger partial charge in [0.05, 0.1) is 31.5 Å². The number of carbonyl (C=O) groups is 1. The number of fused-ring (bicyclic) bond motifs is 4. The molecule has 0 radical (unpaired) electrons. The summed E-state index contributed by atoms with van der Waals surface area (Å²) in [5.41, 5.74) is 3.79. The molecule has 132 valence electrons. The summed E-state index contributed by atoms with van der Waals surface area (Å²) in [5, 5.41) is 3.47. The number of rotatable bonds is 3. The van der Waals surface area contributed by atoms with E-state index in [0.717, 1.165) is 30.3 Å². The Kier molecular flexibility index (Phi) is 4.00. The SMILES string of the molecule is CSc1nc2ccc3nc(NC(=O)c4ccc5nccnc5c4)sc3c2s1. The molecular weight excluding hydrogens is 398 g/mol. The lowest BCUT2D eigenvalue weighted by Crippen LogP contribution is -2.11. The van der Waals surface area contributed by atoms with Gasteiger partial charge in [0.15, 0.2) is 9.47 Å². The number of hydrogen-bond donors (Lipinski definition) is 1. The Morgan fingerprint density at radius 2 is 1.63 bits per heavy atom. The van der Waals surface area contributed by atoms with Crippen LogP contribution in [-0.2, 0) is 0 Å². The van der Waals surface area contributed by atoms with Crippen molar-refractivity contribution in [2.45, 2.75) is 4.34 Å². The highest BCUT2D eigenvalue weighted by Gasteiger charge is 2.14. The van der Waals surface area contributed by atoms with Crippen LogP contribution in [0, 0.1) is 0 Å². The summed E-state index contributed by atoms with van der Waals surface area (Å²) >= 11 is 4.75. The molecule has 9 heteroatoms. The molecule has 0 unspecified atom stereocenters. The van der Waals surface area contributed by atoms with Crippen LogP contribution in [0.1, 0.15) is 10.4 Å². The van der Waals surface area contributed by atoms with Crippen molar-refractivity contribution in [2.24, 2.45) is 0 Å². The van der Waals surface area contributed by atoms with E-state index in [2.05, 4.69) is 25.3 Å². The number of carbonyl (C=O) groups excluding carboxylic acids is 1. The summed E-state index contributed by atoms with van der Waals surface area (Å²) in [6.45, 7) is 0. The second-order valence-electron chi connectivity index (χ2n) is 5.68. The number of aromatic nitrogens is 4. The first kappa shape index (κ1) is 16.5. The van der Waals surface area contributed by atoms with Gasteiger partial charge in [-0.15, -0.1) is 11.3 Å². The molecule has 0 bridgehead atoms. The standard InChI is InChI=1S/C18H11N5OS3/c1-25-18-22-12-5-4-11-14(15(12)27-18)26-17(21-11)23-16(24)9-2-3-10-13(8-9)20-7-6-19-10/h2-8H,1H3,(H,21,23,24). The topological polar surface area (TPSA) is 80.7 Å². The minimum absolute atomic E-state index is 0.216. The number of amides is 1. The lowest BCUT2D eigenvalue weighted by molar-refractivity contribution is 0.102. The second kappa shape index (κ2) is 6.52. The number of hydrogen-bond acceptors (Lipinski definition) is 8. The van der Waals surface area contributed by atoms with E-state index in [1.165, 1.54) is 11.3 Å². The average molecular weight is 410 g/mol. The molecule has 0 aliphatic carbocycles. The number of nitrogens with one attached hydrogen (secondary N) is 1. The van der Waals surface area contributed by atoms with Crippen LogP contribution in [0.5, 0.6) is 0 Å². The van der Waals surface area contributed by atoms with Crippen LogP contribution in [0.2, 0.25) is 0 Å². The summed E-state index contributed by atoms with van der Waals surface area (Å²) in [4.78, 5) is 30.3. The van der Waals surface area contributed by atoms with Gasteiger partial charge in [-0.1, -0.05) is 23.1 Å². The van der Waals surface area contributed by atoms with E-state index in [1.54, 1.807) is 53.7 Å². The maximum absolute atomic E-state index is 12.6. The van der Waals surface area contributed by atoms with Crippen molar-refractivity contribution in [1.82, 2.24) is 19.9 Å². The molecule has 1 amide bonds. The molecule has 3 aromatic heterocycles. The molecule has 0 saturated heterocycles. The monoisotopic (exact) mass is 409 g/mol. The first-order chi connectivity index (χ1) is 13.2. The highest BCUT2D eigenvalue weighted by Crippen LogP contribution is 2.38. The first-order valence-corrected chi connectivity index (χ1v) is 10.8. The van der Waals surface area contributed by atoms with E-state index in [-0.39, 0.29) is 5.91 Å². The zero-order valence-corrected chi connectivity index (χ0v) is 16.4. The fourth-order valence-corrected chi connectivity index (χ4v) is 5.42. The molecule has 3 heterocycles. The lowest BCUT2D eigenvalue weighted by atomic mass is 10.2. The molecule has 0 fully saturated rings. The second-order valence-corrected chi connectivity index (χ2v) is 8.73. The Bertz CT molecular complexity index is 1330. The van der Waals surface area contributed by atoms with Gasteiger partial charge in [-0.2, -0.15) is 0 Å². The Labute approximate surface area is 165 Å². The van der Waals surface area contributed by atoms with Gasteiger partial charge in [-0.3, -0.25) is 20.1 Å². The van der Waals surface area contributed by atoms with Gasteiger partial charge in [-0.25, -0.2) is 9.97 Å². The third-order valence-electron chi connectivity index (χ3n) is 4.02. The highest BCUT2D eigenvalue weighted by atomic mass is 32.2. The molecule has 5 aromatic rings. The molecule has 6 nitrogen and oxygen atoms in total. The molecular formula is C18H11N5OS3. The van der Waals surface area contributed by atoms with Crippen molar-refractivity contribution in [3.8, 4) is 0 Å². The summed E-state index contributed by atoms with van der Waals surface area (Å²) in [5.74, 6) is -0.216. The van der Waals surface area contributed by atoms with Gasteiger partial charge < -0.3 is 0 Å². The van der Waals surface area contributed by atoms with Crippen molar-refractivity contribution < 1.29 is 4.79 Å². The summed E-state index contributed by atoms with van der Waals surface area (Å²) in [6, 6.07) is 9.18. The van der Waals surface area contributed by atoms with Crippen LogP contribution < -0.4 is 5.32 Å². The van der Waals surface area contributed by atoms with E-state index in [4.69, 9.17) is 0 Å². The molecule has 0 saturated carbocycles. The number of benzene rings is 2. The Balaban J connectivity index is 1.50. The number of thiazole rings is 2.